The summed E-state index contributed by atoms with van der Waals surface area (Å²) in [6.07, 6.45) is 2.98. The highest BCUT2D eigenvalue weighted by Gasteiger charge is 2.39. The van der Waals surface area contributed by atoms with Crippen LogP contribution in [0.5, 0.6) is 0 Å². The number of aryl methyl sites for hydroxylation is 1. The van der Waals surface area contributed by atoms with Crippen LogP contribution in [0.2, 0.25) is 0 Å². The summed E-state index contributed by atoms with van der Waals surface area (Å²) < 4.78 is 5.50. The van der Waals surface area contributed by atoms with E-state index in [2.05, 4.69) is 24.4 Å². The second kappa shape index (κ2) is 7.48. The van der Waals surface area contributed by atoms with Crippen LogP contribution in [-0.2, 0) is 20.7 Å². The van der Waals surface area contributed by atoms with Crippen molar-refractivity contribution in [3.63, 3.8) is 0 Å². The average molecular weight is 353 g/mol. The maximum atomic E-state index is 12.9. The SMILES string of the molecule is CCc1ccc(C2C(C(=O)OC(C)C)=C(C)NC3=C2C(=O)CCC3)cc1. The molecular weight excluding hydrogens is 326 g/mol. The number of esters is 1. The summed E-state index contributed by atoms with van der Waals surface area (Å²) in [5.41, 5.74) is 5.25. The number of ether oxygens (including phenoxy) is 1. The molecule has 1 aliphatic heterocycles. The van der Waals surface area contributed by atoms with Crippen LogP contribution < -0.4 is 5.32 Å². The van der Waals surface area contributed by atoms with Gasteiger partial charge in [0.1, 0.15) is 0 Å². The largest absolute Gasteiger partial charge is 0.460 e. The second-order valence-corrected chi connectivity index (χ2v) is 7.31. The van der Waals surface area contributed by atoms with E-state index in [0.717, 1.165) is 41.8 Å². The highest BCUT2D eigenvalue weighted by Crippen LogP contribution is 2.42. The van der Waals surface area contributed by atoms with Crippen LogP contribution in [0, 0.1) is 0 Å². The third-order valence-corrected chi connectivity index (χ3v) is 5.06. The molecule has 0 spiro atoms. The van der Waals surface area contributed by atoms with E-state index in [1.165, 1.54) is 5.56 Å². The first-order valence-electron chi connectivity index (χ1n) is 9.46. The number of hydrogen-bond donors (Lipinski definition) is 1. The quantitative estimate of drug-likeness (QED) is 0.826. The molecule has 0 saturated carbocycles. The molecule has 0 radical (unpaired) electrons. The molecule has 1 N–H and O–H groups in total. The number of Topliss-reactive ketones (excluding diaryl/α,β-unsaturated/α-hetero) is 1. The number of rotatable bonds is 4. The van der Waals surface area contributed by atoms with E-state index in [-0.39, 0.29) is 23.8 Å². The van der Waals surface area contributed by atoms with Gasteiger partial charge in [-0.2, -0.15) is 0 Å². The molecule has 1 aromatic carbocycles. The first kappa shape index (κ1) is 18.4. The highest BCUT2D eigenvalue weighted by atomic mass is 16.5. The molecule has 0 fully saturated rings. The molecule has 1 heterocycles. The van der Waals surface area contributed by atoms with Gasteiger partial charge in [-0.1, -0.05) is 31.2 Å². The molecule has 1 aliphatic carbocycles. The predicted octanol–water partition coefficient (Wildman–Crippen LogP) is 4.17. The van der Waals surface area contributed by atoms with Gasteiger partial charge in [0.15, 0.2) is 5.78 Å². The zero-order chi connectivity index (χ0) is 18.8. The number of carbonyl (C=O) groups is 2. The van der Waals surface area contributed by atoms with Crippen molar-refractivity contribution in [2.75, 3.05) is 0 Å². The van der Waals surface area contributed by atoms with Crippen molar-refractivity contribution in [2.24, 2.45) is 0 Å². The summed E-state index contributed by atoms with van der Waals surface area (Å²) >= 11 is 0. The summed E-state index contributed by atoms with van der Waals surface area (Å²) in [5.74, 6) is -0.568. The summed E-state index contributed by atoms with van der Waals surface area (Å²) in [5, 5.41) is 3.31. The standard InChI is InChI=1S/C22H27NO3/c1-5-15-9-11-16(12-10-15)20-19(22(25)26-13(2)3)14(4)23-17-7-6-8-18(24)21(17)20/h9-13,20,23H,5-8H2,1-4H3. The van der Waals surface area contributed by atoms with Gasteiger partial charge in [-0.25, -0.2) is 4.79 Å². The van der Waals surface area contributed by atoms with E-state index in [4.69, 9.17) is 4.74 Å². The Bertz CT molecular complexity index is 784. The Kier molecular flexibility index (Phi) is 5.30. The first-order chi connectivity index (χ1) is 12.4. The number of hydrogen-bond acceptors (Lipinski definition) is 4. The monoisotopic (exact) mass is 353 g/mol. The van der Waals surface area contributed by atoms with Crippen LogP contribution in [0.15, 0.2) is 46.8 Å². The third-order valence-electron chi connectivity index (χ3n) is 5.06. The minimum absolute atomic E-state index is 0.130. The molecule has 1 aromatic rings. The van der Waals surface area contributed by atoms with E-state index in [1.807, 2.05) is 32.9 Å². The molecule has 0 saturated heterocycles. The Hall–Kier alpha value is -2.36. The topological polar surface area (TPSA) is 55.4 Å². The number of dihydropyridines is 1. The molecule has 3 rings (SSSR count). The molecule has 1 atom stereocenters. The van der Waals surface area contributed by atoms with Crippen LogP contribution in [0.1, 0.15) is 64.0 Å². The molecule has 138 valence electrons. The molecule has 0 bridgehead atoms. The Morgan fingerprint density at radius 2 is 1.92 bits per heavy atom. The van der Waals surface area contributed by atoms with Crippen LogP contribution in [-0.4, -0.2) is 17.9 Å². The van der Waals surface area contributed by atoms with E-state index < -0.39 is 0 Å². The van der Waals surface area contributed by atoms with Crippen molar-refractivity contribution in [3.05, 3.63) is 57.9 Å². The lowest BCUT2D eigenvalue weighted by Gasteiger charge is -2.34. The van der Waals surface area contributed by atoms with Crippen molar-refractivity contribution < 1.29 is 14.3 Å². The fourth-order valence-electron chi connectivity index (χ4n) is 3.81. The van der Waals surface area contributed by atoms with E-state index in [0.29, 0.717) is 12.0 Å². The molecule has 1 unspecified atom stereocenters. The summed E-state index contributed by atoms with van der Waals surface area (Å²) in [6, 6.07) is 8.23. The van der Waals surface area contributed by atoms with Gasteiger partial charge < -0.3 is 10.1 Å². The van der Waals surface area contributed by atoms with Crippen LogP contribution in [0.25, 0.3) is 0 Å². The highest BCUT2D eigenvalue weighted by molar-refractivity contribution is 6.03. The second-order valence-electron chi connectivity index (χ2n) is 7.31. The lowest BCUT2D eigenvalue weighted by molar-refractivity contribution is -0.143. The van der Waals surface area contributed by atoms with Gasteiger partial charge in [0.2, 0.25) is 0 Å². The number of allylic oxidation sites excluding steroid dienone is 3. The van der Waals surface area contributed by atoms with E-state index in [1.54, 1.807) is 0 Å². The normalized spacial score (nSPS) is 20.2. The van der Waals surface area contributed by atoms with Gasteiger partial charge >= 0.3 is 5.97 Å². The molecule has 4 heteroatoms. The minimum atomic E-state index is -0.351. The summed E-state index contributed by atoms with van der Waals surface area (Å²) in [6.45, 7) is 7.69. The maximum absolute atomic E-state index is 12.9. The van der Waals surface area contributed by atoms with Crippen molar-refractivity contribution in [3.8, 4) is 0 Å². The Morgan fingerprint density at radius 1 is 1.23 bits per heavy atom. The summed E-state index contributed by atoms with van der Waals surface area (Å²) in [4.78, 5) is 25.6. The zero-order valence-electron chi connectivity index (χ0n) is 16.0. The smallest absolute Gasteiger partial charge is 0.337 e. The Morgan fingerprint density at radius 3 is 2.54 bits per heavy atom. The zero-order valence-corrected chi connectivity index (χ0v) is 16.0. The Balaban J connectivity index is 2.11. The molecule has 26 heavy (non-hydrogen) atoms. The third kappa shape index (κ3) is 3.46. The van der Waals surface area contributed by atoms with Crippen molar-refractivity contribution in [2.45, 2.75) is 65.4 Å². The van der Waals surface area contributed by atoms with Crippen LogP contribution >= 0.6 is 0 Å². The Labute approximate surface area is 155 Å². The van der Waals surface area contributed by atoms with Gasteiger partial charge in [0.25, 0.3) is 0 Å². The first-order valence-corrected chi connectivity index (χ1v) is 9.46. The van der Waals surface area contributed by atoms with Crippen molar-refractivity contribution >= 4 is 11.8 Å². The minimum Gasteiger partial charge on any atom is -0.460 e. The molecule has 0 amide bonds. The lowest BCUT2D eigenvalue weighted by Crippen LogP contribution is -2.34. The number of carbonyl (C=O) groups excluding carboxylic acids is 2. The van der Waals surface area contributed by atoms with E-state index in [9.17, 15) is 9.59 Å². The van der Waals surface area contributed by atoms with Gasteiger partial charge in [0, 0.05) is 29.3 Å². The predicted molar refractivity (Wildman–Crippen MR) is 102 cm³/mol. The van der Waals surface area contributed by atoms with Gasteiger partial charge in [-0.05, 0) is 51.2 Å². The number of ketones is 1. The maximum Gasteiger partial charge on any atom is 0.337 e. The summed E-state index contributed by atoms with van der Waals surface area (Å²) in [7, 11) is 0. The molecule has 4 nitrogen and oxygen atoms in total. The van der Waals surface area contributed by atoms with Gasteiger partial charge in [-0.15, -0.1) is 0 Å². The molecular formula is C22H27NO3. The fraction of sp³-hybridized carbons (Fsp3) is 0.455. The molecule has 0 aromatic heterocycles. The van der Waals surface area contributed by atoms with E-state index >= 15 is 0 Å². The van der Waals surface area contributed by atoms with Crippen molar-refractivity contribution in [1.29, 1.82) is 0 Å². The molecule has 2 aliphatic rings. The van der Waals surface area contributed by atoms with Crippen LogP contribution in [0.4, 0.5) is 0 Å². The lowest BCUT2D eigenvalue weighted by atomic mass is 9.75. The van der Waals surface area contributed by atoms with Gasteiger partial charge in [-0.3, -0.25) is 4.79 Å². The average Bonchev–Trinajstić information content (AvgIpc) is 2.60. The number of benzene rings is 1. The fourth-order valence-corrected chi connectivity index (χ4v) is 3.81. The van der Waals surface area contributed by atoms with Crippen LogP contribution in [0.3, 0.4) is 0 Å². The number of nitrogens with one attached hydrogen (secondary N) is 1. The van der Waals surface area contributed by atoms with Gasteiger partial charge in [0.05, 0.1) is 11.7 Å². The van der Waals surface area contributed by atoms with Crippen molar-refractivity contribution in [1.82, 2.24) is 5.32 Å².